The van der Waals surface area contributed by atoms with E-state index in [0.29, 0.717) is 17.2 Å². The van der Waals surface area contributed by atoms with Crippen LogP contribution in [-0.4, -0.2) is 27.9 Å². The number of allylic oxidation sites excluding steroid dienone is 1. The minimum Gasteiger partial charge on any atom is -0.488 e. The summed E-state index contributed by atoms with van der Waals surface area (Å²) < 4.78 is 5.93. The van der Waals surface area contributed by atoms with Crippen LogP contribution in [0, 0.1) is 0 Å². The first-order chi connectivity index (χ1) is 13.7. The summed E-state index contributed by atoms with van der Waals surface area (Å²) in [4.78, 5) is 15.4. The summed E-state index contributed by atoms with van der Waals surface area (Å²) in [5, 5.41) is 4.00. The van der Waals surface area contributed by atoms with Gasteiger partial charge in [-0.1, -0.05) is 42.5 Å². The number of Topliss-reactive ketones (excluding diaryl/α,β-unsaturated/α-hetero) is 1. The zero-order valence-corrected chi connectivity index (χ0v) is 18.5. The number of ketones is 1. The quantitative estimate of drug-likeness (QED) is 0.539. The van der Waals surface area contributed by atoms with E-state index in [1.165, 1.54) is 0 Å². The first-order valence-electron chi connectivity index (χ1n) is 9.89. The Morgan fingerprint density at radius 1 is 1.10 bits per heavy atom. The lowest BCUT2D eigenvalue weighted by Crippen LogP contribution is -2.47. The average Bonchev–Trinajstić information content (AvgIpc) is 2.67. The molecule has 1 aliphatic heterocycles. The fourth-order valence-electron chi connectivity index (χ4n) is 3.53. The van der Waals surface area contributed by atoms with E-state index in [4.69, 9.17) is 17.0 Å². The molecule has 0 aromatic heterocycles. The number of thiocarbonyl (C=S) groups is 1. The van der Waals surface area contributed by atoms with Crippen molar-refractivity contribution in [1.82, 2.24) is 10.2 Å². The number of benzene rings is 2. The molecule has 0 saturated heterocycles. The predicted molar refractivity (Wildman–Crippen MR) is 121 cm³/mol. The topological polar surface area (TPSA) is 41.6 Å². The van der Waals surface area contributed by atoms with Gasteiger partial charge < -0.3 is 15.0 Å². The van der Waals surface area contributed by atoms with Gasteiger partial charge in [0.2, 0.25) is 0 Å². The number of carbonyl (C=O) groups excluding carboxylic acids is 1. The Hall–Kier alpha value is -2.66. The normalized spacial score (nSPS) is 17.2. The summed E-state index contributed by atoms with van der Waals surface area (Å²) in [5.41, 5.74) is 2.99. The van der Waals surface area contributed by atoms with Crippen molar-refractivity contribution in [3.63, 3.8) is 0 Å². The van der Waals surface area contributed by atoms with E-state index >= 15 is 0 Å². The molecule has 2 aromatic carbocycles. The summed E-state index contributed by atoms with van der Waals surface area (Å²) in [7, 11) is 0. The number of nitrogens with one attached hydrogen (secondary N) is 1. The molecule has 0 amide bonds. The molecule has 0 radical (unpaired) electrons. The van der Waals surface area contributed by atoms with Gasteiger partial charge in [0.15, 0.2) is 10.9 Å². The van der Waals surface area contributed by atoms with Gasteiger partial charge >= 0.3 is 0 Å². The molecule has 1 N–H and O–H groups in total. The Kier molecular flexibility index (Phi) is 6.08. The fraction of sp³-hybridized carbons (Fsp3) is 0.333. The highest BCUT2D eigenvalue weighted by Crippen LogP contribution is 2.33. The third kappa shape index (κ3) is 4.67. The molecule has 0 aliphatic carbocycles. The summed E-state index contributed by atoms with van der Waals surface area (Å²) in [6.07, 6.45) is 0. The molecule has 4 nitrogen and oxygen atoms in total. The van der Waals surface area contributed by atoms with Crippen molar-refractivity contribution in [2.24, 2.45) is 0 Å². The van der Waals surface area contributed by atoms with Gasteiger partial charge in [-0.3, -0.25) is 4.79 Å². The summed E-state index contributed by atoms with van der Waals surface area (Å²) in [6.45, 7) is 10.8. The van der Waals surface area contributed by atoms with Crippen LogP contribution in [0.2, 0.25) is 0 Å². The van der Waals surface area contributed by atoms with Crippen LogP contribution < -0.4 is 10.1 Å². The van der Waals surface area contributed by atoms with Gasteiger partial charge in [-0.05, 0) is 64.5 Å². The molecule has 0 saturated carbocycles. The highest BCUT2D eigenvalue weighted by atomic mass is 32.1. The van der Waals surface area contributed by atoms with Crippen LogP contribution in [-0.2, 0) is 0 Å². The maximum absolute atomic E-state index is 13.4. The lowest BCUT2D eigenvalue weighted by Gasteiger charge is -2.37. The highest BCUT2D eigenvalue weighted by Gasteiger charge is 2.33. The zero-order chi connectivity index (χ0) is 21.2. The summed E-state index contributed by atoms with van der Waals surface area (Å²) in [5.74, 6) is 0.808. The van der Waals surface area contributed by atoms with Crippen LogP contribution in [0.3, 0.4) is 0 Å². The van der Waals surface area contributed by atoms with Gasteiger partial charge in [-0.25, -0.2) is 0 Å². The van der Waals surface area contributed by atoms with Crippen molar-refractivity contribution in [3.8, 4) is 5.75 Å². The monoisotopic (exact) mass is 408 g/mol. The lowest BCUT2D eigenvalue weighted by molar-refractivity contribution is 0.102. The van der Waals surface area contributed by atoms with Gasteiger partial charge in [-0.15, -0.1) is 0 Å². The van der Waals surface area contributed by atoms with Gasteiger partial charge in [0.25, 0.3) is 0 Å². The Morgan fingerprint density at radius 2 is 1.72 bits per heavy atom. The van der Waals surface area contributed by atoms with Gasteiger partial charge in [0, 0.05) is 23.4 Å². The minimum atomic E-state index is -0.304. The Bertz CT molecular complexity index is 928. The predicted octanol–water partition coefficient (Wildman–Crippen LogP) is 5.27. The smallest absolute Gasteiger partial charge is 0.193 e. The minimum absolute atomic E-state index is 0.0107. The molecule has 3 rings (SSSR count). The first kappa shape index (κ1) is 21.1. The largest absolute Gasteiger partial charge is 0.488 e. The molecular weight excluding hydrogens is 380 g/mol. The van der Waals surface area contributed by atoms with Crippen LogP contribution in [0.15, 0.2) is 65.9 Å². The van der Waals surface area contributed by atoms with Crippen LogP contribution in [0.4, 0.5) is 0 Å². The summed E-state index contributed by atoms with van der Waals surface area (Å²) in [6, 6.07) is 17.0. The Labute approximate surface area is 178 Å². The maximum atomic E-state index is 13.4. The second kappa shape index (κ2) is 8.37. The summed E-state index contributed by atoms with van der Waals surface area (Å²) >= 11 is 5.58. The molecule has 152 valence electrons. The molecule has 0 spiro atoms. The molecule has 1 heterocycles. The van der Waals surface area contributed by atoms with E-state index in [9.17, 15) is 4.79 Å². The van der Waals surface area contributed by atoms with Gasteiger partial charge in [0.1, 0.15) is 11.4 Å². The van der Waals surface area contributed by atoms with Crippen molar-refractivity contribution in [3.05, 3.63) is 77.0 Å². The van der Waals surface area contributed by atoms with E-state index in [0.717, 1.165) is 22.6 Å². The SMILES string of the molecule is CCN1C(=S)NC(c2ccc(OC(C)(C)C)cc2)C(C(=O)c2ccccc2)=C1C. The molecule has 29 heavy (non-hydrogen) atoms. The van der Waals surface area contributed by atoms with E-state index in [1.807, 2.05) is 94.1 Å². The van der Waals surface area contributed by atoms with E-state index < -0.39 is 0 Å². The molecule has 0 bridgehead atoms. The molecular formula is C24H28N2O2S. The number of nitrogens with zero attached hydrogens (tertiary/aromatic N) is 1. The number of hydrogen-bond acceptors (Lipinski definition) is 3. The zero-order valence-electron chi connectivity index (χ0n) is 17.7. The number of hydrogen-bond donors (Lipinski definition) is 1. The molecule has 1 aliphatic rings. The van der Waals surface area contributed by atoms with Crippen molar-refractivity contribution < 1.29 is 9.53 Å². The Morgan fingerprint density at radius 3 is 2.28 bits per heavy atom. The standard InChI is InChI=1S/C24H28N2O2S/c1-6-26-16(2)20(22(27)18-10-8-7-9-11-18)21(25-23(26)29)17-12-14-19(15-13-17)28-24(3,4)5/h7-15,21H,6H2,1-5H3,(H,25,29). The average molecular weight is 409 g/mol. The van der Waals surface area contributed by atoms with Crippen molar-refractivity contribution in [1.29, 1.82) is 0 Å². The highest BCUT2D eigenvalue weighted by molar-refractivity contribution is 7.80. The first-order valence-corrected chi connectivity index (χ1v) is 10.3. The maximum Gasteiger partial charge on any atom is 0.193 e. The molecule has 1 atom stereocenters. The van der Waals surface area contributed by atoms with Crippen LogP contribution >= 0.6 is 12.2 Å². The van der Waals surface area contributed by atoms with Crippen molar-refractivity contribution in [2.45, 2.75) is 46.3 Å². The van der Waals surface area contributed by atoms with Crippen LogP contribution in [0.1, 0.15) is 56.6 Å². The third-order valence-electron chi connectivity index (χ3n) is 4.83. The molecule has 1 unspecified atom stereocenters. The lowest BCUT2D eigenvalue weighted by atomic mass is 9.89. The van der Waals surface area contributed by atoms with E-state index in [-0.39, 0.29) is 17.4 Å². The third-order valence-corrected chi connectivity index (χ3v) is 5.17. The second-order valence-corrected chi connectivity index (χ2v) is 8.49. The van der Waals surface area contributed by atoms with Crippen molar-refractivity contribution in [2.75, 3.05) is 6.54 Å². The Balaban J connectivity index is 2.02. The molecule has 0 fully saturated rings. The molecule has 2 aromatic rings. The number of ether oxygens (including phenoxy) is 1. The number of carbonyl (C=O) groups is 1. The fourth-order valence-corrected chi connectivity index (χ4v) is 3.92. The van der Waals surface area contributed by atoms with Crippen LogP contribution in [0.5, 0.6) is 5.75 Å². The molecule has 5 heteroatoms. The van der Waals surface area contributed by atoms with Crippen molar-refractivity contribution >= 4 is 23.1 Å². The number of rotatable bonds is 5. The van der Waals surface area contributed by atoms with Gasteiger partial charge in [-0.2, -0.15) is 0 Å². The van der Waals surface area contributed by atoms with E-state index in [2.05, 4.69) is 5.32 Å². The van der Waals surface area contributed by atoms with E-state index in [1.54, 1.807) is 0 Å². The van der Waals surface area contributed by atoms with Crippen LogP contribution in [0.25, 0.3) is 0 Å². The second-order valence-electron chi connectivity index (χ2n) is 8.10. The van der Waals surface area contributed by atoms with Gasteiger partial charge in [0.05, 0.1) is 6.04 Å².